The predicted octanol–water partition coefficient (Wildman–Crippen LogP) is 2.85. The molecule has 1 aromatic carbocycles. The number of ether oxygens (including phenoxy) is 2. The van der Waals surface area contributed by atoms with E-state index in [0.717, 1.165) is 11.3 Å². The summed E-state index contributed by atoms with van der Waals surface area (Å²) in [7, 11) is 3.17. The average molecular weight is 329 g/mol. The number of methoxy groups -OCH3 is 2. The van der Waals surface area contributed by atoms with Crippen LogP contribution in [0.2, 0.25) is 0 Å². The number of nitrogens with zero attached hydrogens (tertiary/aromatic N) is 1. The van der Waals surface area contributed by atoms with Gasteiger partial charge in [-0.25, -0.2) is 4.98 Å². The monoisotopic (exact) mass is 329 g/mol. The molecule has 1 heterocycles. The summed E-state index contributed by atoms with van der Waals surface area (Å²) < 4.78 is 10.5. The molecule has 0 aliphatic carbocycles. The lowest BCUT2D eigenvalue weighted by atomic mass is 10.2. The van der Waals surface area contributed by atoms with E-state index in [9.17, 15) is 4.79 Å². The molecule has 0 saturated carbocycles. The summed E-state index contributed by atoms with van der Waals surface area (Å²) in [5.74, 6) is 1.06. The Bertz CT molecular complexity index is 684. The molecule has 0 aliphatic rings. The molecule has 1 amide bonds. The first kappa shape index (κ1) is 17.6. The average Bonchev–Trinajstić information content (AvgIpc) is 2.59. The summed E-state index contributed by atoms with van der Waals surface area (Å²) in [4.78, 5) is 16.4. The molecule has 0 radical (unpaired) electrons. The van der Waals surface area contributed by atoms with E-state index in [2.05, 4.69) is 15.6 Å². The molecular weight excluding hydrogens is 306 g/mol. The molecule has 128 valence electrons. The number of aromatic nitrogens is 1. The molecule has 2 aromatic rings. The largest absolute Gasteiger partial charge is 0.493 e. The molecule has 0 unspecified atom stereocenters. The van der Waals surface area contributed by atoms with Gasteiger partial charge >= 0.3 is 0 Å². The van der Waals surface area contributed by atoms with Crippen molar-refractivity contribution in [3.8, 4) is 11.5 Å². The maximum Gasteiger partial charge on any atom is 0.270 e. The van der Waals surface area contributed by atoms with Crippen molar-refractivity contribution < 1.29 is 14.3 Å². The van der Waals surface area contributed by atoms with E-state index in [-0.39, 0.29) is 5.91 Å². The second-order valence-corrected chi connectivity index (χ2v) is 5.60. The molecule has 0 fully saturated rings. The van der Waals surface area contributed by atoms with E-state index in [1.165, 1.54) is 0 Å². The van der Waals surface area contributed by atoms with Crippen molar-refractivity contribution in [1.29, 1.82) is 0 Å². The van der Waals surface area contributed by atoms with Crippen LogP contribution in [0.25, 0.3) is 0 Å². The highest BCUT2D eigenvalue weighted by Gasteiger charge is 2.09. The summed E-state index contributed by atoms with van der Waals surface area (Å²) in [5, 5.41) is 6.08. The first-order valence-corrected chi connectivity index (χ1v) is 7.75. The maximum absolute atomic E-state index is 12.2. The molecule has 24 heavy (non-hydrogen) atoms. The van der Waals surface area contributed by atoms with E-state index in [1.54, 1.807) is 26.5 Å². The molecular formula is C18H23N3O3. The topological polar surface area (TPSA) is 72.5 Å². The van der Waals surface area contributed by atoms with Gasteiger partial charge < -0.3 is 20.1 Å². The molecule has 0 atom stereocenters. The lowest BCUT2D eigenvalue weighted by Gasteiger charge is -2.11. The normalized spacial score (nSPS) is 10.4. The van der Waals surface area contributed by atoms with E-state index < -0.39 is 0 Å². The van der Waals surface area contributed by atoms with Gasteiger partial charge in [0.05, 0.1) is 26.1 Å². The molecule has 0 bridgehead atoms. The Balaban J connectivity index is 1.97. The van der Waals surface area contributed by atoms with E-state index in [0.29, 0.717) is 29.8 Å². The van der Waals surface area contributed by atoms with Crippen molar-refractivity contribution in [2.45, 2.75) is 26.4 Å². The van der Waals surface area contributed by atoms with Gasteiger partial charge in [0.2, 0.25) is 0 Å². The van der Waals surface area contributed by atoms with Gasteiger partial charge in [0.25, 0.3) is 5.91 Å². The third-order valence-electron chi connectivity index (χ3n) is 3.35. The summed E-state index contributed by atoms with van der Waals surface area (Å²) in [6.07, 6.45) is 1.66. The quantitative estimate of drug-likeness (QED) is 0.817. The highest BCUT2D eigenvalue weighted by atomic mass is 16.5. The first-order chi connectivity index (χ1) is 11.5. The van der Waals surface area contributed by atoms with Crippen LogP contribution in [-0.2, 0) is 6.54 Å². The molecule has 2 rings (SSSR count). The molecule has 0 saturated heterocycles. The molecule has 2 N–H and O–H groups in total. The van der Waals surface area contributed by atoms with E-state index in [4.69, 9.17) is 9.47 Å². The van der Waals surface area contributed by atoms with Crippen molar-refractivity contribution in [1.82, 2.24) is 10.3 Å². The van der Waals surface area contributed by atoms with Gasteiger partial charge in [0.1, 0.15) is 5.69 Å². The SMILES string of the molecule is COc1ccc(CNC(=O)c2ccc(NC(C)C)cn2)cc1OC. The van der Waals surface area contributed by atoms with Crippen LogP contribution in [0.4, 0.5) is 5.69 Å². The Kier molecular flexibility index (Phi) is 6.01. The number of pyridine rings is 1. The Morgan fingerprint density at radius 2 is 1.88 bits per heavy atom. The maximum atomic E-state index is 12.2. The summed E-state index contributed by atoms with van der Waals surface area (Å²) >= 11 is 0. The van der Waals surface area contributed by atoms with Crippen LogP contribution >= 0.6 is 0 Å². The van der Waals surface area contributed by atoms with Gasteiger partial charge in [-0.05, 0) is 43.7 Å². The zero-order chi connectivity index (χ0) is 17.5. The number of anilines is 1. The van der Waals surface area contributed by atoms with Gasteiger partial charge in [-0.1, -0.05) is 6.07 Å². The summed E-state index contributed by atoms with van der Waals surface area (Å²) in [5.41, 5.74) is 2.19. The van der Waals surface area contributed by atoms with Gasteiger partial charge in [0, 0.05) is 12.6 Å². The minimum absolute atomic E-state index is 0.221. The van der Waals surface area contributed by atoms with E-state index in [1.807, 2.05) is 38.1 Å². The Labute approximate surface area is 142 Å². The van der Waals surface area contributed by atoms with Gasteiger partial charge in [-0.3, -0.25) is 4.79 Å². The lowest BCUT2D eigenvalue weighted by molar-refractivity contribution is 0.0946. The number of hydrogen-bond acceptors (Lipinski definition) is 5. The fraction of sp³-hybridized carbons (Fsp3) is 0.333. The predicted molar refractivity (Wildman–Crippen MR) is 93.7 cm³/mol. The Hall–Kier alpha value is -2.76. The number of benzene rings is 1. The van der Waals surface area contributed by atoms with Crippen molar-refractivity contribution in [3.05, 3.63) is 47.8 Å². The third kappa shape index (κ3) is 4.62. The first-order valence-electron chi connectivity index (χ1n) is 7.75. The zero-order valence-corrected chi connectivity index (χ0v) is 14.4. The third-order valence-corrected chi connectivity index (χ3v) is 3.35. The van der Waals surface area contributed by atoms with Crippen LogP contribution in [-0.4, -0.2) is 31.2 Å². The Morgan fingerprint density at radius 1 is 1.12 bits per heavy atom. The lowest BCUT2D eigenvalue weighted by Crippen LogP contribution is -2.23. The van der Waals surface area contributed by atoms with Crippen LogP contribution < -0.4 is 20.1 Å². The van der Waals surface area contributed by atoms with Crippen LogP contribution in [0, 0.1) is 0 Å². The smallest absolute Gasteiger partial charge is 0.270 e. The Morgan fingerprint density at radius 3 is 2.46 bits per heavy atom. The van der Waals surface area contributed by atoms with Crippen molar-refractivity contribution in [2.24, 2.45) is 0 Å². The van der Waals surface area contributed by atoms with Crippen molar-refractivity contribution >= 4 is 11.6 Å². The molecule has 0 aliphatic heterocycles. The second kappa shape index (κ2) is 8.19. The van der Waals surface area contributed by atoms with Crippen LogP contribution in [0.1, 0.15) is 29.9 Å². The number of carbonyl (C=O) groups is 1. The van der Waals surface area contributed by atoms with Gasteiger partial charge in [-0.2, -0.15) is 0 Å². The minimum atomic E-state index is -0.221. The standard InChI is InChI=1S/C18H23N3O3/c1-12(2)21-14-6-7-15(19-11-14)18(22)20-10-13-5-8-16(23-3)17(9-13)24-4/h5-9,11-12,21H,10H2,1-4H3,(H,20,22). The van der Waals surface area contributed by atoms with Crippen molar-refractivity contribution in [2.75, 3.05) is 19.5 Å². The van der Waals surface area contributed by atoms with Crippen LogP contribution in [0.3, 0.4) is 0 Å². The fourth-order valence-corrected chi connectivity index (χ4v) is 2.21. The van der Waals surface area contributed by atoms with Gasteiger partial charge in [0.15, 0.2) is 11.5 Å². The fourth-order valence-electron chi connectivity index (χ4n) is 2.21. The number of rotatable bonds is 7. The number of amides is 1. The van der Waals surface area contributed by atoms with Gasteiger partial charge in [-0.15, -0.1) is 0 Å². The number of nitrogens with one attached hydrogen (secondary N) is 2. The van der Waals surface area contributed by atoms with Crippen LogP contribution in [0.5, 0.6) is 11.5 Å². The molecule has 0 spiro atoms. The second-order valence-electron chi connectivity index (χ2n) is 5.60. The highest BCUT2D eigenvalue weighted by Crippen LogP contribution is 2.27. The van der Waals surface area contributed by atoms with E-state index >= 15 is 0 Å². The summed E-state index contributed by atoms with van der Waals surface area (Å²) in [6, 6.07) is 9.39. The van der Waals surface area contributed by atoms with Crippen molar-refractivity contribution in [3.63, 3.8) is 0 Å². The number of hydrogen-bond donors (Lipinski definition) is 2. The molecule has 6 heteroatoms. The number of carbonyl (C=O) groups excluding carboxylic acids is 1. The summed E-state index contributed by atoms with van der Waals surface area (Å²) in [6.45, 7) is 4.47. The highest BCUT2D eigenvalue weighted by molar-refractivity contribution is 5.92. The zero-order valence-electron chi connectivity index (χ0n) is 14.4. The van der Waals surface area contributed by atoms with Crippen LogP contribution in [0.15, 0.2) is 36.5 Å². The molecule has 1 aromatic heterocycles. The molecule has 6 nitrogen and oxygen atoms in total. The minimum Gasteiger partial charge on any atom is -0.493 e.